The molecule has 3 aromatic rings. The van der Waals surface area contributed by atoms with Crippen molar-refractivity contribution in [1.82, 2.24) is 10.2 Å². The second kappa shape index (κ2) is 14.1. The van der Waals surface area contributed by atoms with Gasteiger partial charge in [-0.1, -0.05) is 67.4 Å². The molecule has 0 radical (unpaired) electrons. The summed E-state index contributed by atoms with van der Waals surface area (Å²) in [5.41, 5.74) is 3.06. The topological polar surface area (TPSA) is 119 Å². The first kappa shape index (κ1) is 31.6. The van der Waals surface area contributed by atoms with Crippen molar-refractivity contribution >= 4 is 22.3 Å². The lowest BCUT2D eigenvalue weighted by Crippen LogP contribution is -2.31. The summed E-state index contributed by atoms with van der Waals surface area (Å²) in [6.07, 6.45) is 0.104. The maximum atomic E-state index is 12.4. The zero-order chi connectivity index (χ0) is 30.0. The van der Waals surface area contributed by atoms with Gasteiger partial charge in [0.25, 0.3) is 0 Å². The molecule has 0 saturated heterocycles. The van der Waals surface area contributed by atoms with E-state index in [0.717, 1.165) is 36.8 Å². The van der Waals surface area contributed by atoms with Gasteiger partial charge in [-0.15, -0.1) is 13.2 Å². The molecule has 8 nitrogen and oxygen atoms in total. The minimum absolute atomic E-state index is 0.112. The fraction of sp³-hybridized carbons (Fsp3) is 0.310. The van der Waals surface area contributed by atoms with Crippen LogP contribution in [0.5, 0.6) is 5.75 Å². The highest BCUT2D eigenvalue weighted by Crippen LogP contribution is 2.29. The minimum Gasteiger partial charge on any atom is -0.406 e. The van der Waals surface area contributed by atoms with Crippen LogP contribution in [0.25, 0.3) is 11.1 Å². The standard InChI is InChI=1S/C20H24N2O3S.C9H8F3NO2/c1-22(20(23)17-6-2-3-7-17)14-15-10-12-16(13-11-15)18-8-4-5-9-19(18)26(21,24)25;10-9(11,12)15-8-3-1-7(2-4-8)5-13-6-14/h4-5,8-13,17H,2-3,6-7,14H2,1H3,(H2,21,24,25);1-4,6H,5H2,(H,13,14). The van der Waals surface area contributed by atoms with Crippen LogP contribution in [0.4, 0.5) is 13.2 Å². The number of primary sulfonamides is 1. The van der Waals surface area contributed by atoms with Crippen molar-refractivity contribution < 1.29 is 35.9 Å². The summed E-state index contributed by atoms with van der Waals surface area (Å²) in [5, 5.41) is 7.70. The van der Waals surface area contributed by atoms with Gasteiger partial charge in [0.2, 0.25) is 22.3 Å². The molecule has 0 spiro atoms. The van der Waals surface area contributed by atoms with Gasteiger partial charge in [-0.25, -0.2) is 13.6 Å². The van der Waals surface area contributed by atoms with Crippen molar-refractivity contribution in [3.8, 4) is 16.9 Å². The maximum Gasteiger partial charge on any atom is 0.573 e. The molecule has 0 bridgehead atoms. The van der Waals surface area contributed by atoms with Crippen molar-refractivity contribution in [3.63, 3.8) is 0 Å². The lowest BCUT2D eigenvalue weighted by atomic mass is 10.0. The third kappa shape index (κ3) is 9.90. The van der Waals surface area contributed by atoms with Crippen LogP contribution in [-0.2, 0) is 32.7 Å². The Labute approximate surface area is 237 Å². The van der Waals surface area contributed by atoms with E-state index in [4.69, 9.17) is 5.14 Å². The first-order valence-corrected chi connectivity index (χ1v) is 14.4. The highest BCUT2D eigenvalue weighted by atomic mass is 32.2. The largest absolute Gasteiger partial charge is 0.573 e. The Balaban J connectivity index is 0.000000263. The Kier molecular flexibility index (Phi) is 10.9. The highest BCUT2D eigenvalue weighted by Gasteiger charge is 2.31. The number of amides is 2. The average Bonchev–Trinajstić information content (AvgIpc) is 3.47. The Hall–Kier alpha value is -3.90. The van der Waals surface area contributed by atoms with Crippen LogP contribution < -0.4 is 15.2 Å². The van der Waals surface area contributed by atoms with Gasteiger partial charge in [-0.3, -0.25) is 9.59 Å². The quantitative estimate of drug-likeness (QED) is 0.340. The van der Waals surface area contributed by atoms with E-state index in [1.165, 1.54) is 30.3 Å². The number of hydrogen-bond acceptors (Lipinski definition) is 5. The van der Waals surface area contributed by atoms with Crippen molar-refractivity contribution in [2.75, 3.05) is 7.05 Å². The molecule has 3 aromatic carbocycles. The number of nitrogens with zero attached hydrogens (tertiary/aromatic N) is 1. The van der Waals surface area contributed by atoms with Gasteiger partial charge in [0, 0.05) is 31.6 Å². The van der Waals surface area contributed by atoms with Crippen molar-refractivity contribution in [2.24, 2.45) is 11.1 Å². The van der Waals surface area contributed by atoms with E-state index in [1.54, 1.807) is 23.1 Å². The van der Waals surface area contributed by atoms with Gasteiger partial charge < -0.3 is 15.0 Å². The minimum atomic E-state index is -4.68. The maximum absolute atomic E-state index is 12.4. The predicted molar refractivity (Wildman–Crippen MR) is 148 cm³/mol. The zero-order valence-electron chi connectivity index (χ0n) is 22.4. The number of ether oxygens (including phenoxy) is 1. The van der Waals surface area contributed by atoms with Crippen LogP contribution in [0.1, 0.15) is 36.8 Å². The summed E-state index contributed by atoms with van der Waals surface area (Å²) in [5.74, 6) is 0.101. The lowest BCUT2D eigenvalue weighted by molar-refractivity contribution is -0.274. The molecular weight excluding hydrogens is 559 g/mol. The Morgan fingerprint density at radius 3 is 2.15 bits per heavy atom. The molecule has 0 aromatic heterocycles. The van der Waals surface area contributed by atoms with Crippen LogP contribution in [0.2, 0.25) is 0 Å². The summed E-state index contributed by atoms with van der Waals surface area (Å²) in [4.78, 5) is 24.3. The molecule has 0 unspecified atom stereocenters. The summed E-state index contributed by atoms with van der Waals surface area (Å²) in [7, 11) is -1.95. The molecule has 12 heteroatoms. The molecule has 0 heterocycles. The van der Waals surface area contributed by atoms with E-state index >= 15 is 0 Å². The second-order valence-electron chi connectivity index (χ2n) is 9.60. The molecule has 220 valence electrons. The van der Waals surface area contributed by atoms with E-state index in [0.29, 0.717) is 24.1 Å². The van der Waals surface area contributed by atoms with E-state index in [-0.39, 0.29) is 29.0 Å². The normalized spacial score (nSPS) is 13.6. The molecular formula is C29H32F3N3O5S. The first-order chi connectivity index (χ1) is 19.4. The monoisotopic (exact) mass is 591 g/mol. The summed E-state index contributed by atoms with van der Waals surface area (Å²) < 4.78 is 62.5. The number of benzene rings is 3. The first-order valence-electron chi connectivity index (χ1n) is 12.8. The van der Waals surface area contributed by atoms with E-state index in [9.17, 15) is 31.2 Å². The third-order valence-corrected chi connectivity index (χ3v) is 7.47. The van der Waals surface area contributed by atoms with Crippen LogP contribution in [0.3, 0.4) is 0 Å². The molecule has 4 rings (SSSR count). The molecule has 1 aliphatic rings. The lowest BCUT2D eigenvalue weighted by Gasteiger charge is -2.21. The fourth-order valence-electron chi connectivity index (χ4n) is 4.55. The number of hydrogen-bond donors (Lipinski definition) is 2. The number of carbonyl (C=O) groups is 2. The van der Waals surface area contributed by atoms with Crippen molar-refractivity contribution in [1.29, 1.82) is 0 Å². The van der Waals surface area contributed by atoms with Gasteiger partial charge in [0.1, 0.15) is 5.75 Å². The van der Waals surface area contributed by atoms with Crippen LogP contribution in [0, 0.1) is 5.92 Å². The molecule has 41 heavy (non-hydrogen) atoms. The SMILES string of the molecule is CN(Cc1ccc(-c2ccccc2S(N)(=O)=O)cc1)C(=O)C1CCCC1.O=CNCc1ccc(OC(F)(F)F)cc1. The number of nitrogens with one attached hydrogen (secondary N) is 1. The Bertz CT molecular complexity index is 1410. The number of nitrogens with two attached hydrogens (primary N) is 1. The zero-order valence-corrected chi connectivity index (χ0v) is 23.2. The smallest absolute Gasteiger partial charge is 0.406 e. The van der Waals surface area contributed by atoms with Gasteiger partial charge in [-0.05, 0) is 47.7 Å². The van der Waals surface area contributed by atoms with Gasteiger partial charge >= 0.3 is 6.36 Å². The van der Waals surface area contributed by atoms with Gasteiger partial charge in [0.15, 0.2) is 0 Å². The molecule has 1 saturated carbocycles. The number of halogens is 3. The average molecular weight is 592 g/mol. The second-order valence-corrected chi connectivity index (χ2v) is 11.1. The number of carbonyl (C=O) groups excluding carboxylic acids is 2. The number of rotatable bonds is 9. The van der Waals surface area contributed by atoms with Crippen molar-refractivity contribution in [2.45, 2.75) is 50.0 Å². The summed E-state index contributed by atoms with van der Waals surface area (Å²) in [6.45, 7) is 0.822. The van der Waals surface area contributed by atoms with Gasteiger partial charge in [0.05, 0.1) is 4.90 Å². The number of alkyl halides is 3. The van der Waals surface area contributed by atoms with E-state index in [1.807, 2.05) is 31.3 Å². The Morgan fingerprint density at radius 2 is 1.59 bits per heavy atom. The third-order valence-electron chi connectivity index (χ3n) is 6.51. The summed E-state index contributed by atoms with van der Waals surface area (Å²) in [6, 6.07) is 19.5. The fourth-order valence-corrected chi connectivity index (χ4v) is 5.31. The van der Waals surface area contributed by atoms with Crippen molar-refractivity contribution in [3.05, 3.63) is 83.9 Å². The highest BCUT2D eigenvalue weighted by molar-refractivity contribution is 7.89. The molecule has 3 N–H and O–H groups in total. The molecule has 0 aliphatic heterocycles. The predicted octanol–water partition coefficient (Wildman–Crippen LogP) is 4.98. The number of sulfonamides is 1. The summed E-state index contributed by atoms with van der Waals surface area (Å²) >= 11 is 0. The van der Waals surface area contributed by atoms with Gasteiger partial charge in [-0.2, -0.15) is 0 Å². The molecule has 0 atom stereocenters. The van der Waals surface area contributed by atoms with E-state index < -0.39 is 16.4 Å². The van der Waals surface area contributed by atoms with Crippen LogP contribution >= 0.6 is 0 Å². The van der Waals surface area contributed by atoms with E-state index in [2.05, 4.69) is 10.1 Å². The molecule has 1 fully saturated rings. The molecule has 1 aliphatic carbocycles. The molecule has 2 amide bonds. The van der Waals surface area contributed by atoms with Crippen LogP contribution in [-0.4, -0.2) is 39.0 Å². The van der Waals surface area contributed by atoms with Crippen LogP contribution in [0.15, 0.2) is 77.7 Å². The Morgan fingerprint density at radius 1 is 1.00 bits per heavy atom.